The summed E-state index contributed by atoms with van der Waals surface area (Å²) in [5.41, 5.74) is 4.03. The zero-order valence-electron chi connectivity index (χ0n) is 10.2. The number of carbonyl (C=O) groups is 1. The average molecular weight is 272 g/mol. The van der Waals surface area contributed by atoms with Crippen LogP contribution in [-0.4, -0.2) is 31.6 Å². The summed E-state index contributed by atoms with van der Waals surface area (Å²) in [5.74, 6) is -0.700. The van der Waals surface area contributed by atoms with Gasteiger partial charge in [-0.3, -0.25) is 4.79 Å². The van der Waals surface area contributed by atoms with E-state index in [-0.39, 0.29) is 17.0 Å². The fourth-order valence-corrected chi connectivity index (χ4v) is 2.42. The molecular weight excluding hydrogens is 256 g/mol. The molecule has 0 radical (unpaired) electrons. The van der Waals surface area contributed by atoms with Gasteiger partial charge in [-0.05, 0) is 32.0 Å². The lowest BCUT2D eigenvalue weighted by Gasteiger charge is -2.17. The molecule has 0 aromatic heterocycles. The van der Waals surface area contributed by atoms with Crippen molar-refractivity contribution in [3.8, 4) is 0 Å². The van der Waals surface area contributed by atoms with Gasteiger partial charge in [-0.1, -0.05) is 6.07 Å². The number of aliphatic hydroxyl groups is 1. The van der Waals surface area contributed by atoms with Crippen molar-refractivity contribution >= 4 is 15.9 Å². The Morgan fingerprint density at radius 1 is 1.44 bits per heavy atom. The van der Waals surface area contributed by atoms with E-state index in [1.165, 1.54) is 38.1 Å². The summed E-state index contributed by atoms with van der Waals surface area (Å²) in [6, 6.07) is 5.39. The fraction of sp³-hybridized carbons (Fsp3) is 0.364. The highest BCUT2D eigenvalue weighted by Gasteiger charge is 2.20. The van der Waals surface area contributed by atoms with Crippen LogP contribution < -0.4 is 10.5 Å². The van der Waals surface area contributed by atoms with Crippen molar-refractivity contribution in [3.63, 3.8) is 0 Å². The van der Waals surface area contributed by atoms with Crippen molar-refractivity contribution < 1.29 is 18.3 Å². The summed E-state index contributed by atoms with van der Waals surface area (Å²) in [6.45, 7) is 2.83. The van der Waals surface area contributed by atoms with E-state index in [4.69, 9.17) is 5.73 Å². The Labute approximate surface area is 106 Å². The van der Waals surface area contributed by atoms with E-state index in [9.17, 15) is 18.3 Å². The lowest BCUT2D eigenvalue weighted by molar-refractivity contribution is 0.0856. The number of sulfonamides is 1. The third-order valence-electron chi connectivity index (χ3n) is 2.12. The molecule has 0 atom stereocenters. The third-order valence-corrected chi connectivity index (χ3v) is 3.52. The molecule has 1 amide bonds. The van der Waals surface area contributed by atoms with Crippen molar-refractivity contribution in [1.29, 1.82) is 0 Å². The normalized spacial score (nSPS) is 12.4. The van der Waals surface area contributed by atoms with Gasteiger partial charge in [0.15, 0.2) is 0 Å². The summed E-state index contributed by atoms with van der Waals surface area (Å²) in [6.07, 6.45) is 0. The molecule has 0 fully saturated rings. The molecule has 18 heavy (non-hydrogen) atoms. The van der Waals surface area contributed by atoms with Gasteiger partial charge in [0, 0.05) is 12.1 Å². The molecular formula is C11H16N2O4S. The summed E-state index contributed by atoms with van der Waals surface area (Å²) < 4.78 is 26.0. The van der Waals surface area contributed by atoms with Crippen LogP contribution in [0.5, 0.6) is 0 Å². The molecule has 0 spiro atoms. The van der Waals surface area contributed by atoms with Crippen molar-refractivity contribution in [2.45, 2.75) is 24.3 Å². The minimum absolute atomic E-state index is 0.0666. The molecule has 1 aromatic carbocycles. The maximum absolute atomic E-state index is 11.9. The second-order valence-corrected chi connectivity index (χ2v) is 6.30. The van der Waals surface area contributed by atoms with Gasteiger partial charge in [0.25, 0.3) is 0 Å². The van der Waals surface area contributed by atoms with Crippen molar-refractivity contribution in [2.24, 2.45) is 5.73 Å². The molecule has 1 rings (SSSR count). The van der Waals surface area contributed by atoms with Crippen LogP contribution >= 0.6 is 0 Å². The summed E-state index contributed by atoms with van der Waals surface area (Å²) in [5, 5.41) is 9.47. The Bertz CT molecular complexity index is 546. The van der Waals surface area contributed by atoms with E-state index in [1.54, 1.807) is 0 Å². The Balaban J connectivity index is 2.99. The first-order chi connectivity index (χ1) is 8.12. The number of rotatable bonds is 5. The van der Waals surface area contributed by atoms with Crippen LogP contribution in [-0.2, 0) is 10.0 Å². The maximum atomic E-state index is 11.9. The monoisotopic (exact) mass is 272 g/mol. The van der Waals surface area contributed by atoms with Gasteiger partial charge < -0.3 is 10.8 Å². The van der Waals surface area contributed by atoms with Crippen molar-refractivity contribution in [2.75, 3.05) is 6.54 Å². The molecule has 0 aliphatic carbocycles. The van der Waals surface area contributed by atoms with Gasteiger partial charge in [-0.15, -0.1) is 0 Å². The summed E-state index contributed by atoms with van der Waals surface area (Å²) in [4.78, 5) is 10.9. The zero-order valence-corrected chi connectivity index (χ0v) is 11.0. The fourth-order valence-electron chi connectivity index (χ4n) is 1.17. The van der Waals surface area contributed by atoms with E-state index in [1.807, 2.05) is 0 Å². The van der Waals surface area contributed by atoms with Gasteiger partial charge in [-0.25, -0.2) is 13.1 Å². The molecule has 4 N–H and O–H groups in total. The number of primary amides is 1. The Kier molecular flexibility index (Phi) is 4.10. The van der Waals surface area contributed by atoms with Crippen LogP contribution in [0.1, 0.15) is 24.2 Å². The number of nitrogens with one attached hydrogen (secondary N) is 1. The first kappa shape index (κ1) is 14.6. The third kappa shape index (κ3) is 4.10. The maximum Gasteiger partial charge on any atom is 0.248 e. The van der Waals surface area contributed by atoms with Crippen LogP contribution in [0.4, 0.5) is 0 Å². The highest BCUT2D eigenvalue weighted by atomic mass is 32.2. The first-order valence-electron chi connectivity index (χ1n) is 5.24. The van der Waals surface area contributed by atoms with Crippen molar-refractivity contribution in [1.82, 2.24) is 4.72 Å². The smallest absolute Gasteiger partial charge is 0.248 e. The molecule has 0 aliphatic heterocycles. The lowest BCUT2D eigenvalue weighted by Crippen LogP contribution is -2.38. The molecule has 0 heterocycles. The van der Waals surface area contributed by atoms with Crippen LogP contribution in [0, 0.1) is 0 Å². The number of amides is 1. The highest BCUT2D eigenvalue weighted by Crippen LogP contribution is 2.12. The molecule has 100 valence electrons. The summed E-state index contributed by atoms with van der Waals surface area (Å²) in [7, 11) is -3.77. The first-order valence-corrected chi connectivity index (χ1v) is 6.72. The van der Waals surface area contributed by atoms with Gasteiger partial charge in [-0.2, -0.15) is 0 Å². The minimum atomic E-state index is -3.77. The SMILES string of the molecule is CC(C)(O)CNS(=O)(=O)c1cccc(C(N)=O)c1. The zero-order chi connectivity index (χ0) is 14.0. The van der Waals surface area contributed by atoms with E-state index in [0.29, 0.717) is 0 Å². The largest absolute Gasteiger partial charge is 0.389 e. The molecule has 7 heteroatoms. The number of benzene rings is 1. The van der Waals surface area contributed by atoms with Crippen LogP contribution in [0.15, 0.2) is 29.2 Å². The summed E-state index contributed by atoms with van der Waals surface area (Å²) >= 11 is 0. The van der Waals surface area contributed by atoms with E-state index in [2.05, 4.69) is 4.72 Å². The standard InChI is InChI=1S/C11H16N2O4S/c1-11(2,15)7-13-18(16,17)9-5-3-4-8(6-9)10(12)14/h3-6,13,15H,7H2,1-2H3,(H2,12,14). The van der Waals surface area contributed by atoms with Crippen LogP contribution in [0.25, 0.3) is 0 Å². The average Bonchev–Trinajstić information content (AvgIpc) is 2.26. The lowest BCUT2D eigenvalue weighted by atomic mass is 10.1. The second-order valence-electron chi connectivity index (χ2n) is 4.53. The number of hydrogen-bond acceptors (Lipinski definition) is 4. The van der Waals surface area contributed by atoms with E-state index in [0.717, 1.165) is 0 Å². The molecule has 0 unspecified atom stereocenters. The van der Waals surface area contributed by atoms with Gasteiger partial charge >= 0.3 is 0 Å². The van der Waals surface area contributed by atoms with Crippen LogP contribution in [0.2, 0.25) is 0 Å². The predicted molar refractivity (Wildman–Crippen MR) is 66.4 cm³/mol. The van der Waals surface area contributed by atoms with E-state index >= 15 is 0 Å². The Morgan fingerprint density at radius 3 is 2.56 bits per heavy atom. The van der Waals surface area contributed by atoms with E-state index < -0.39 is 21.5 Å². The van der Waals surface area contributed by atoms with Gasteiger partial charge in [0.05, 0.1) is 10.5 Å². The molecule has 0 bridgehead atoms. The molecule has 1 aromatic rings. The molecule has 0 saturated heterocycles. The highest BCUT2D eigenvalue weighted by molar-refractivity contribution is 7.89. The van der Waals surface area contributed by atoms with Crippen molar-refractivity contribution in [3.05, 3.63) is 29.8 Å². The number of nitrogens with two attached hydrogens (primary N) is 1. The Morgan fingerprint density at radius 2 is 2.06 bits per heavy atom. The molecule has 0 aliphatic rings. The number of hydrogen-bond donors (Lipinski definition) is 3. The topological polar surface area (TPSA) is 109 Å². The van der Waals surface area contributed by atoms with Gasteiger partial charge in [0.2, 0.25) is 15.9 Å². The van der Waals surface area contributed by atoms with Crippen LogP contribution in [0.3, 0.4) is 0 Å². The quantitative estimate of drug-likeness (QED) is 0.691. The minimum Gasteiger partial charge on any atom is -0.389 e. The van der Waals surface area contributed by atoms with Gasteiger partial charge in [0.1, 0.15) is 0 Å². The molecule has 6 nitrogen and oxygen atoms in total. The molecule has 0 saturated carbocycles. The predicted octanol–water partition coefficient (Wildman–Crippen LogP) is -0.165. The number of carbonyl (C=O) groups excluding carboxylic acids is 1. The second kappa shape index (κ2) is 5.05. The Hall–Kier alpha value is -1.44.